The Morgan fingerprint density at radius 1 is 0.613 bits per heavy atom. The molecule has 12 heteroatoms. The summed E-state index contributed by atoms with van der Waals surface area (Å²) in [5, 5.41) is 13.5. The molecule has 0 fully saturated rings. The van der Waals surface area contributed by atoms with E-state index in [2.05, 4.69) is 74.9 Å². The van der Waals surface area contributed by atoms with Crippen LogP contribution in [-0.4, -0.2) is 49.8 Å². The maximum Gasteiger partial charge on any atom is 0.309 e. The SMILES string of the molecule is COc1ccc2c(c1)c(SC(C)(C)C)c(CC(C)(C)C(=O)O)n2Cc1ccc(Cl)cc1.COc1ccc2c(c1)c(SC(C)(C)C)c(CC(C)(C)C(N)=O)n2Cc1ccc(Cl)cc1.[HH].[HH].[HH].[HH].[HH].[HH]. The molecule has 1 amide bonds. The predicted octanol–water partition coefficient (Wildman–Crippen LogP) is 14.7. The second-order valence-electron chi connectivity index (χ2n) is 19.0. The number of carbonyl (C=O) groups is 2. The number of aromatic nitrogens is 2. The Hall–Kier alpha value is -4.22. The van der Waals surface area contributed by atoms with Gasteiger partial charge in [0, 0.05) is 102 Å². The molecule has 2 aromatic heterocycles. The number of benzene rings is 4. The molecule has 0 bridgehead atoms. The average Bonchev–Trinajstić information content (AvgIpc) is 3.60. The van der Waals surface area contributed by atoms with E-state index < -0.39 is 16.8 Å². The zero-order valence-electron chi connectivity index (χ0n) is 38.0. The third-order valence-corrected chi connectivity index (χ3v) is 13.5. The van der Waals surface area contributed by atoms with Gasteiger partial charge in [-0.25, -0.2) is 0 Å². The number of carbonyl (C=O) groups excluding carboxylic acids is 1. The number of amides is 1. The quantitative estimate of drug-likeness (QED) is 0.105. The van der Waals surface area contributed by atoms with E-state index in [9.17, 15) is 14.7 Å². The van der Waals surface area contributed by atoms with Gasteiger partial charge < -0.3 is 29.4 Å². The molecular weight excluding hydrogens is 858 g/mol. The lowest BCUT2D eigenvalue weighted by Gasteiger charge is -2.25. The Balaban J connectivity index is 0. The van der Waals surface area contributed by atoms with E-state index >= 15 is 0 Å². The highest BCUT2D eigenvalue weighted by molar-refractivity contribution is 8.01. The molecule has 4 aromatic carbocycles. The minimum absolute atomic E-state index is 0. The molecule has 6 aromatic rings. The maximum absolute atomic E-state index is 12.2. The molecule has 0 spiro atoms. The maximum atomic E-state index is 12.2. The van der Waals surface area contributed by atoms with Gasteiger partial charge in [0.1, 0.15) is 11.5 Å². The highest BCUT2D eigenvalue weighted by Gasteiger charge is 2.34. The molecule has 0 radical (unpaired) electrons. The molecule has 0 unspecified atom stereocenters. The molecule has 0 saturated heterocycles. The van der Waals surface area contributed by atoms with Crippen molar-refractivity contribution in [1.82, 2.24) is 9.13 Å². The Morgan fingerprint density at radius 2 is 0.968 bits per heavy atom. The van der Waals surface area contributed by atoms with Crippen LogP contribution in [0.3, 0.4) is 0 Å². The first kappa shape index (κ1) is 48.8. The fourth-order valence-electron chi connectivity index (χ4n) is 7.06. The van der Waals surface area contributed by atoms with Gasteiger partial charge >= 0.3 is 5.97 Å². The number of fused-ring (bicyclic) bond motifs is 2. The van der Waals surface area contributed by atoms with Gasteiger partial charge in [0.2, 0.25) is 5.91 Å². The first-order chi connectivity index (χ1) is 28.8. The van der Waals surface area contributed by atoms with Crippen LogP contribution in [0.4, 0.5) is 0 Å². The monoisotopic (exact) mass is 929 g/mol. The van der Waals surface area contributed by atoms with Gasteiger partial charge in [-0.2, -0.15) is 0 Å². The summed E-state index contributed by atoms with van der Waals surface area (Å²) in [5.74, 6) is 0.490. The van der Waals surface area contributed by atoms with Gasteiger partial charge in [0.15, 0.2) is 0 Å². The summed E-state index contributed by atoms with van der Waals surface area (Å²) in [6, 6.07) is 27.9. The molecule has 344 valence electrons. The second kappa shape index (κ2) is 19.3. The molecule has 2 heterocycles. The van der Waals surface area contributed by atoms with Gasteiger partial charge in [-0.15, -0.1) is 23.5 Å². The first-order valence-corrected chi connectivity index (χ1v) is 23.0. The molecule has 0 aliphatic carbocycles. The van der Waals surface area contributed by atoms with Gasteiger partial charge in [0.25, 0.3) is 0 Å². The summed E-state index contributed by atoms with van der Waals surface area (Å²) >= 11 is 15.8. The standard InChI is InChI=1S/C25H31ClN2O2S.C25H30ClNO3S.6H2/c1-24(2,3)31-22-19-13-18(30-6)11-12-20(19)28(15-16-7-9-17(26)10-8-16)21(22)14-25(4,5)23(27)29;1-24(2,3)31-22-19-13-18(30-6)11-12-20(19)27(15-16-7-9-17(26)10-8-16)21(22)14-25(4,5)23(28)29;;;;;;/h7-13H,14-15H2,1-6H3,(H2,27,29);7-13H,14-15H2,1-6H3,(H,28,29);6*1H. The van der Waals surface area contributed by atoms with Crippen molar-refractivity contribution < 1.29 is 32.7 Å². The number of primary amides is 1. The summed E-state index contributed by atoms with van der Waals surface area (Å²) in [4.78, 5) is 26.5. The number of nitrogens with zero attached hydrogens (tertiary/aromatic N) is 2. The van der Waals surface area contributed by atoms with Gasteiger partial charge in [0.05, 0.1) is 19.6 Å². The Kier molecular flexibility index (Phi) is 15.2. The highest BCUT2D eigenvalue weighted by atomic mass is 35.5. The van der Waals surface area contributed by atoms with Crippen LogP contribution < -0.4 is 15.2 Å². The average molecular weight is 931 g/mol. The summed E-state index contributed by atoms with van der Waals surface area (Å²) in [6.45, 7) is 21.8. The van der Waals surface area contributed by atoms with E-state index in [1.54, 1.807) is 39.8 Å². The lowest BCUT2D eigenvalue weighted by atomic mass is 9.87. The largest absolute Gasteiger partial charge is 0.497 e. The zero-order valence-corrected chi connectivity index (χ0v) is 41.2. The van der Waals surface area contributed by atoms with E-state index in [0.29, 0.717) is 36.0 Å². The fourth-order valence-corrected chi connectivity index (χ4v) is 9.69. The Bertz CT molecular complexity index is 2400. The van der Waals surface area contributed by atoms with Crippen molar-refractivity contribution in [3.63, 3.8) is 0 Å². The lowest BCUT2D eigenvalue weighted by Crippen LogP contribution is -2.34. The molecule has 8 nitrogen and oxygen atoms in total. The smallest absolute Gasteiger partial charge is 0.309 e. The lowest BCUT2D eigenvalue weighted by molar-refractivity contribution is -0.146. The highest BCUT2D eigenvalue weighted by Crippen LogP contribution is 2.46. The van der Waals surface area contributed by atoms with Crippen LogP contribution in [0.1, 0.15) is 100 Å². The van der Waals surface area contributed by atoms with E-state index in [1.807, 2.05) is 86.3 Å². The van der Waals surface area contributed by atoms with E-state index in [0.717, 1.165) is 60.7 Å². The molecule has 0 atom stereocenters. The Morgan fingerprint density at radius 3 is 1.27 bits per heavy atom. The summed E-state index contributed by atoms with van der Waals surface area (Å²) in [5.41, 5.74) is 10.8. The van der Waals surface area contributed by atoms with Crippen LogP contribution in [0.15, 0.2) is 94.7 Å². The molecule has 0 aliphatic heterocycles. The molecule has 0 aliphatic rings. The van der Waals surface area contributed by atoms with Crippen LogP contribution >= 0.6 is 46.7 Å². The number of nitrogens with two attached hydrogens (primary N) is 1. The van der Waals surface area contributed by atoms with Gasteiger partial charge in [-0.3, -0.25) is 9.59 Å². The minimum Gasteiger partial charge on any atom is -0.497 e. The topological polar surface area (TPSA) is 109 Å². The number of carboxylic acid groups (broad SMARTS) is 1. The summed E-state index contributed by atoms with van der Waals surface area (Å²) < 4.78 is 15.5. The Labute approximate surface area is 394 Å². The zero-order chi connectivity index (χ0) is 45.9. The predicted molar refractivity (Wildman–Crippen MR) is 274 cm³/mol. The van der Waals surface area contributed by atoms with Crippen LogP contribution in [-0.2, 0) is 35.5 Å². The van der Waals surface area contributed by atoms with Crippen molar-refractivity contribution in [3.05, 3.63) is 117 Å². The number of carboxylic acids is 1. The third kappa shape index (κ3) is 12.1. The number of hydrogen-bond donors (Lipinski definition) is 2. The number of ether oxygens (including phenoxy) is 2. The van der Waals surface area contributed by atoms with Crippen molar-refractivity contribution in [2.24, 2.45) is 16.6 Å². The normalized spacial score (nSPS) is 12.4. The van der Waals surface area contributed by atoms with E-state index in [-0.39, 0.29) is 24.0 Å². The van der Waals surface area contributed by atoms with Crippen LogP contribution in [0, 0.1) is 10.8 Å². The van der Waals surface area contributed by atoms with Crippen molar-refractivity contribution in [3.8, 4) is 11.5 Å². The molecule has 0 saturated carbocycles. The first-order valence-electron chi connectivity index (χ1n) is 20.6. The number of thioether (sulfide) groups is 2. The van der Waals surface area contributed by atoms with Crippen molar-refractivity contribution >= 4 is 80.4 Å². The van der Waals surface area contributed by atoms with Crippen molar-refractivity contribution in [1.29, 1.82) is 0 Å². The van der Waals surface area contributed by atoms with Gasteiger partial charge in [-0.05, 0) is 85.6 Å². The number of aliphatic carboxylic acids is 1. The molecule has 6 rings (SSSR count). The van der Waals surface area contributed by atoms with Crippen LogP contribution in [0.2, 0.25) is 10.0 Å². The molecule has 3 N–H and O–H groups in total. The number of methoxy groups -OCH3 is 2. The molecule has 62 heavy (non-hydrogen) atoms. The van der Waals surface area contributed by atoms with Crippen LogP contribution in [0.25, 0.3) is 21.8 Å². The van der Waals surface area contributed by atoms with Gasteiger partial charge in [-0.1, -0.05) is 103 Å². The number of halogens is 2. The second-order valence-corrected chi connectivity index (χ2v) is 23.5. The minimum atomic E-state index is -0.899. The van der Waals surface area contributed by atoms with Crippen molar-refractivity contribution in [2.75, 3.05) is 14.2 Å². The van der Waals surface area contributed by atoms with E-state index in [1.165, 1.54) is 4.90 Å². The van der Waals surface area contributed by atoms with Crippen LogP contribution in [0.5, 0.6) is 11.5 Å². The fraction of sp³-hybridized carbons (Fsp3) is 0.400. The number of hydrogen-bond acceptors (Lipinski definition) is 6. The summed E-state index contributed by atoms with van der Waals surface area (Å²) in [7, 11) is 3.34. The third-order valence-electron chi connectivity index (χ3n) is 10.4. The van der Waals surface area contributed by atoms with E-state index in [4.69, 9.17) is 38.4 Å². The summed E-state index contributed by atoms with van der Waals surface area (Å²) in [6.07, 6.45) is 0.969. The molecular formula is C50H73Cl2N3O5S2. The van der Waals surface area contributed by atoms with Crippen molar-refractivity contribution in [2.45, 2.75) is 114 Å². The number of rotatable bonds is 14.